The molecule has 1 saturated carbocycles. The second-order valence-corrected chi connectivity index (χ2v) is 7.25. The first-order chi connectivity index (χ1) is 13.4. The van der Waals surface area contributed by atoms with E-state index in [2.05, 4.69) is 25.7 Å². The van der Waals surface area contributed by atoms with Crippen LogP contribution in [0.1, 0.15) is 37.7 Å². The summed E-state index contributed by atoms with van der Waals surface area (Å²) in [6, 6.07) is 3.10. The normalized spacial score (nSPS) is 14.5. The molecule has 6 nitrogen and oxygen atoms in total. The maximum absolute atomic E-state index is 12.6. The summed E-state index contributed by atoms with van der Waals surface area (Å²) in [5, 5.41) is 9.28. The molecule has 0 saturated heterocycles. The Bertz CT molecular complexity index is 705. The molecule has 0 radical (unpaired) electrons. The molecule has 0 unspecified atom stereocenters. The number of alkyl halides is 2. The predicted octanol–water partition coefficient (Wildman–Crippen LogP) is 4.33. The van der Waals surface area contributed by atoms with E-state index < -0.39 is 6.61 Å². The minimum absolute atomic E-state index is 0. The van der Waals surface area contributed by atoms with Crippen LogP contribution in [0, 0.1) is 0 Å². The van der Waals surface area contributed by atoms with Gasteiger partial charge in [0.1, 0.15) is 5.75 Å². The van der Waals surface area contributed by atoms with Gasteiger partial charge in [0.25, 0.3) is 0 Å². The van der Waals surface area contributed by atoms with Gasteiger partial charge in [-0.3, -0.25) is 9.79 Å². The first kappa shape index (κ1) is 26.0. The van der Waals surface area contributed by atoms with Crippen molar-refractivity contribution in [3.05, 3.63) is 27.7 Å². The quantitative estimate of drug-likeness (QED) is 0.250. The van der Waals surface area contributed by atoms with E-state index in [-0.39, 0.29) is 53.2 Å². The number of guanidine groups is 1. The van der Waals surface area contributed by atoms with Crippen molar-refractivity contribution in [2.75, 3.05) is 13.6 Å². The minimum atomic E-state index is -3.01. The van der Waals surface area contributed by atoms with E-state index in [1.807, 2.05) is 0 Å². The van der Waals surface area contributed by atoms with E-state index in [9.17, 15) is 13.6 Å². The zero-order chi connectivity index (χ0) is 20.5. The number of carbonyl (C=O) groups is 1. The lowest BCUT2D eigenvalue weighted by atomic mass is 10.2. The monoisotopic (exact) mass is 564 g/mol. The molecule has 1 aromatic carbocycles. The first-order valence-corrected chi connectivity index (χ1v) is 9.81. The van der Waals surface area contributed by atoms with E-state index in [0.29, 0.717) is 29.5 Å². The fraction of sp³-hybridized carbons (Fsp3) is 0.556. The summed E-state index contributed by atoms with van der Waals surface area (Å²) < 4.78 is 29.7. The molecule has 0 bridgehead atoms. The third-order valence-corrected chi connectivity index (χ3v) is 4.83. The van der Waals surface area contributed by atoms with Crippen LogP contribution in [0.5, 0.6) is 5.75 Å². The molecule has 1 amide bonds. The van der Waals surface area contributed by atoms with Gasteiger partial charge in [-0.25, -0.2) is 0 Å². The molecule has 2 rings (SSSR count). The average Bonchev–Trinajstić information content (AvgIpc) is 3.13. The van der Waals surface area contributed by atoms with Crippen molar-refractivity contribution in [2.45, 2.75) is 51.3 Å². The Hall–Kier alpha value is -1.07. The highest BCUT2D eigenvalue weighted by Gasteiger charge is 2.17. The Morgan fingerprint density at radius 1 is 1.28 bits per heavy atom. The van der Waals surface area contributed by atoms with Gasteiger partial charge in [0.05, 0.1) is 5.02 Å². The molecule has 3 N–H and O–H groups in total. The summed E-state index contributed by atoms with van der Waals surface area (Å²) >= 11 is 11.9. The number of rotatable bonds is 8. The van der Waals surface area contributed by atoms with Gasteiger partial charge in [-0.1, -0.05) is 36.0 Å². The zero-order valence-corrected chi connectivity index (χ0v) is 19.8. The molecule has 11 heteroatoms. The Balaban J connectivity index is 0.00000420. The van der Waals surface area contributed by atoms with E-state index in [4.69, 9.17) is 23.2 Å². The third kappa shape index (κ3) is 9.08. The van der Waals surface area contributed by atoms with Gasteiger partial charge in [-0.2, -0.15) is 8.78 Å². The van der Waals surface area contributed by atoms with Crippen molar-refractivity contribution < 1.29 is 18.3 Å². The lowest BCUT2D eigenvalue weighted by molar-refractivity contribution is -0.121. The third-order valence-electron chi connectivity index (χ3n) is 4.33. The number of ether oxygens (including phenoxy) is 1. The summed E-state index contributed by atoms with van der Waals surface area (Å²) in [7, 11) is 1.56. The number of hydrogen-bond donors (Lipinski definition) is 3. The number of nitrogens with zero attached hydrogens (tertiary/aromatic N) is 1. The molecule has 1 aliphatic rings. The van der Waals surface area contributed by atoms with E-state index in [1.165, 1.54) is 12.1 Å². The molecular formula is C18H25Cl2F2IN4O2. The molecule has 1 fully saturated rings. The summed E-state index contributed by atoms with van der Waals surface area (Å²) in [6.45, 7) is -2.51. The van der Waals surface area contributed by atoms with E-state index in [1.54, 1.807) is 7.05 Å². The van der Waals surface area contributed by atoms with Gasteiger partial charge in [0.15, 0.2) is 5.96 Å². The fourth-order valence-electron chi connectivity index (χ4n) is 3.03. The van der Waals surface area contributed by atoms with Crippen LogP contribution in [0.25, 0.3) is 0 Å². The number of halogens is 5. The number of carbonyl (C=O) groups excluding carboxylic acids is 1. The van der Waals surface area contributed by atoms with Crippen molar-refractivity contribution in [3.63, 3.8) is 0 Å². The van der Waals surface area contributed by atoms with Crippen LogP contribution in [-0.2, 0) is 11.3 Å². The van der Waals surface area contributed by atoms with Gasteiger partial charge < -0.3 is 20.7 Å². The second kappa shape index (κ2) is 13.3. The number of nitrogens with one attached hydrogen (secondary N) is 3. The Kier molecular flexibility index (Phi) is 11.9. The van der Waals surface area contributed by atoms with Crippen molar-refractivity contribution in [3.8, 4) is 5.75 Å². The number of hydrogen-bond acceptors (Lipinski definition) is 3. The molecule has 0 spiro atoms. The fourth-order valence-corrected chi connectivity index (χ4v) is 3.61. The molecule has 0 heterocycles. The van der Waals surface area contributed by atoms with Crippen LogP contribution in [0.4, 0.5) is 8.78 Å². The topological polar surface area (TPSA) is 74.8 Å². The number of benzene rings is 1. The second-order valence-electron chi connectivity index (χ2n) is 6.41. The lowest BCUT2D eigenvalue weighted by Gasteiger charge is -2.16. The van der Waals surface area contributed by atoms with E-state index >= 15 is 0 Å². The highest BCUT2D eigenvalue weighted by molar-refractivity contribution is 14.0. The summed E-state index contributed by atoms with van der Waals surface area (Å²) in [5.41, 5.74) is 0.361. The molecule has 0 aromatic heterocycles. The lowest BCUT2D eigenvalue weighted by Crippen LogP contribution is -2.40. The van der Waals surface area contributed by atoms with Crippen LogP contribution in [-0.4, -0.2) is 38.1 Å². The average molecular weight is 565 g/mol. The number of amides is 1. The summed E-state index contributed by atoms with van der Waals surface area (Å²) in [5.74, 6) is 0.261. The van der Waals surface area contributed by atoms with Gasteiger partial charge in [-0.05, 0) is 25.0 Å². The Morgan fingerprint density at radius 2 is 1.97 bits per heavy atom. The molecule has 164 valence electrons. The molecule has 0 aliphatic heterocycles. The van der Waals surface area contributed by atoms with Gasteiger partial charge in [0, 0.05) is 43.2 Å². The van der Waals surface area contributed by atoms with Crippen LogP contribution in [0.2, 0.25) is 10.0 Å². The summed E-state index contributed by atoms with van der Waals surface area (Å²) in [4.78, 5) is 16.0. The minimum Gasteiger partial charge on any atom is -0.433 e. The van der Waals surface area contributed by atoms with Crippen LogP contribution in [0.15, 0.2) is 17.1 Å². The number of aliphatic imine (C=N–C) groups is 1. The van der Waals surface area contributed by atoms with Crippen molar-refractivity contribution in [1.82, 2.24) is 16.0 Å². The van der Waals surface area contributed by atoms with Gasteiger partial charge in [-0.15, -0.1) is 24.0 Å². The molecular weight excluding hydrogens is 540 g/mol. The SMILES string of the molecule is CN=C(NCCC(=O)NC1CCCC1)NCc1cc(Cl)cc(Cl)c1OC(F)F.I. The Labute approximate surface area is 196 Å². The highest BCUT2D eigenvalue weighted by Crippen LogP contribution is 2.33. The van der Waals surface area contributed by atoms with E-state index in [0.717, 1.165) is 25.7 Å². The van der Waals surface area contributed by atoms with Crippen LogP contribution < -0.4 is 20.7 Å². The van der Waals surface area contributed by atoms with Crippen molar-refractivity contribution >= 4 is 59.0 Å². The van der Waals surface area contributed by atoms with Gasteiger partial charge >= 0.3 is 6.61 Å². The maximum atomic E-state index is 12.6. The van der Waals surface area contributed by atoms with Gasteiger partial charge in [0.2, 0.25) is 5.91 Å². The molecule has 29 heavy (non-hydrogen) atoms. The van der Waals surface area contributed by atoms with Crippen molar-refractivity contribution in [2.24, 2.45) is 4.99 Å². The maximum Gasteiger partial charge on any atom is 0.387 e. The molecule has 0 atom stereocenters. The standard InChI is InChI=1S/C18H24Cl2F2N4O2.HI/c1-23-18(24-7-6-15(27)26-13-4-2-3-5-13)25-10-11-8-12(19)9-14(20)16(11)28-17(21)22;/h8-9,13,17H,2-7,10H2,1H3,(H,26,27)(H2,23,24,25);1H. The smallest absolute Gasteiger partial charge is 0.387 e. The Morgan fingerprint density at radius 3 is 2.59 bits per heavy atom. The molecule has 1 aliphatic carbocycles. The first-order valence-electron chi connectivity index (χ1n) is 9.05. The van der Waals surface area contributed by atoms with Crippen LogP contribution >= 0.6 is 47.2 Å². The molecule has 1 aromatic rings. The summed E-state index contributed by atoms with van der Waals surface area (Å²) in [6.07, 6.45) is 4.69. The zero-order valence-electron chi connectivity index (χ0n) is 15.9. The largest absolute Gasteiger partial charge is 0.433 e. The van der Waals surface area contributed by atoms with Crippen molar-refractivity contribution in [1.29, 1.82) is 0 Å². The van der Waals surface area contributed by atoms with Crippen LogP contribution in [0.3, 0.4) is 0 Å². The highest BCUT2D eigenvalue weighted by atomic mass is 127. The predicted molar refractivity (Wildman–Crippen MR) is 122 cm³/mol.